The highest BCUT2D eigenvalue weighted by Gasteiger charge is 2.43. The Morgan fingerprint density at radius 1 is 1.09 bits per heavy atom. The summed E-state index contributed by atoms with van der Waals surface area (Å²) in [5.74, 6) is -2.27. The first-order valence-electron chi connectivity index (χ1n) is 14.2. The van der Waals surface area contributed by atoms with E-state index < -0.39 is 57.1 Å². The molecule has 0 aliphatic carbocycles. The van der Waals surface area contributed by atoms with Crippen molar-refractivity contribution in [3.63, 3.8) is 0 Å². The summed E-state index contributed by atoms with van der Waals surface area (Å²) < 4.78 is 44.2. The Kier molecular flexibility index (Phi) is 9.86. The number of likely N-dealkylation sites (tertiary alicyclic amines) is 1. The molecule has 0 unspecified atom stereocenters. The number of sulfone groups is 1. The lowest BCUT2D eigenvalue weighted by atomic mass is 10.0. The number of nitrogens with zero attached hydrogens (tertiary/aromatic N) is 2. The third-order valence-corrected chi connectivity index (χ3v) is 9.25. The molecule has 2 N–H and O–H groups in total. The number of nitrogens with one attached hydrogen (secondary N) is 1. The normalized spacial score (nSPS) is 18.6. The number of carbonyl (C=O) groups excluding carboxylic acids is 2. The zero-order valence-electron chi connectivity index (χ0n) is 24.7. The van der Waals surface area contributed by atoms with Crippen LogP contribution in [-0.2, 0) is 25.8 Å². The van der Waals surface area contributed by atoms with E-state index in [1.54, 1.807) is 62.3 Å². The quantitative estimate of drug-likeness (QED) is 0.314. The first kappa shape index (κ1) is 32.1. The van der Waals surface area contributed by atoms with Gasteiger partial charge in [-0.05, 0) is 88.1 Å². The van der Waals surface area contributed by atoms with Gasteiger partial charge in [0.15, 0.2) is 9.84 Å². The van der Waals surface area contributed by atoms with Gasteiger partial charge in [-0.1, -0.05) is 25.1 Å². The van der Waals surface area contributed by atoms with E-state index in [1.165, 1.54) is 19.1 Å². The van der Waals surface area contributed by atoms with Gasteiger partial charge in [-0.2, -0.15) is 0 Å². The van der Waals surface area contributed by atoms with Crippen LogP contribution in [0.2, 0.25) is 0 Å². The standard InChI is InChI=1S/C32H38FN3O6S/c1-21(20-43(40,41)27-14-9-24(33)10-15-27)30(38)35-25-11-7-22(8-12-25)18-26-13-16-28(29(37)23-6-5-17-34-19-23)36(26)31(39)42-32(2,3)4/h5-12,14-15,17,19,21,26,28-29,37H,13,16,18,20H2,1-4H3,(H,35,38)/t21-,26+,28-,29-/m1/s1. The maximum Gasteiger partial charge on any atom is 0.410 e. The summed E-state index contributed by atoms with van der Waals surface area (Å²) in [4.78, 5) is 31.8. The van der Waals surface area contributed by atoms with Crippen LogP contribution in [0.15, 0.2) is 78.0 Å². The summed E-state index contributed by atoms with van der Waals surface area (Å²) in [6.07, 6.45) is 3.58. The fraction of sp³-hybridized carbons (Fsp3) is 0.406. The van der Waals surface area contributed by atoms with Crippen LogP contribution in [0.5, 0.6) is 0 Å². The summed E-state index contributed by atoms with van der Waals surface area (Å²) >= 11 is 0. The van der Waals surface area contributed by atoms with Gasteiger partial charge in [0.2, 0.25) is 5.91 Å². The number of ether oxygens (including phenoxy) is 1. The fourth-order valence-electron chi connectivity index (χ4n) is 5.20. The van der Waals surface area contributed by atoms with Crippen molar-refractivity contribution >= 4 is 27.5 Å². The molecule has 1 saturated heterocycles. The molecule has 4 rings (SSSR count). The molecule has 43 heavy (non-hydrogen) atoms. The third-order valence-electron chi connectivity index (χ3n) is 7.32. The molecule has 3 aromatic rings. The number of halogens is 1. The third kappa shape index (κ3) is 8.39. The van der Waals surface area contributed by atoms with E-state index in [9.17, 15) is 27.5 Å². The minimum atomic E-state index is -3.78. The van der Waals surface area contributed by atoms with Crippen molar-refractivity contribution in [2.75, 3.05) is 11.1 Å². The molecule has 1 aliphatic heterocycles. The predicted octanol–water partition coefficient (Wildman–Crippen LogP) is 5.31. The van der Waals surface area contributed by atoms with Crippen molar-refractivity contribution in [1.29, 1.82) is 0 Å². The highest BCUT2D eigenvalue weighted by Crippen LogP contribution is 2.36. The molecule has 4 atom stereocenters. The van der Waals surface area contributed by atoms with Crippen LogP contribution < -0.4 is 5.32 Å². The molecule has 0 spiro atoms. The van der Waals surface area contributed by atoms with Crippen LogP contribution in [0.3, 0.4) is 0 Å². The maximum atomic E-state index is 13.3. The molecule has 2 aromatic carbocycles. The number of rotatable bonds is 9. The molecule has 9 nitrogen and oxygen atoms in total. The highest BCUT2D eigenvalue weighted by molar-refractivity contribution is 7.91. The Bertz CT molecular complexity index is 1510. The van der Waals surface area contributed by atoms with E-state index in [-0.39, 0.29) is 10.9 Å². The Hall–Kier alpha value is -3.83. The van der Waals surface area contributed by atoms with Crippen LogP contribution in [0, 0.1) is 11.7 Å². The average molecular weight is 612 g/mol. The second-order valence-corrected chi connectivity index (χ2v) is 14.0. The predicted molar refractivity (Wildman–Crippen MR) is 160 cm³/mol. The number of benzene rings is 2. The molecule has 0 radical (unpaired) electrons. The highest BCUT2D eigenvalue weighted by atomic mass is 32.2. The van der Waals surface area contributed by atoms with Crippen LogP contribution >= 0.6 is 0 Å². The van der Waals surface area contributed by atoms with E-state index in [2.05, 4.69) is 10.3 Å². The van der Waals surface area contributed by atoms with E-state index in [0.29, 0.717) is 30.5 Å². The van der Waals surface area contributed by atoms with Crippen molar-refractivity contribution in [1.82, 2.24) is 9.88 Å². The van der Waals surface area contributed by atoms with Gasteiger partial charge >= 0.3 is 6.09 Å². The topological polar surface area (TPSA) is 126 Å². The molecule has 2 amide bonds. The van der Waals surface area contributed by atoms with Gasteiger partial charge in [-0.15, -0.1) is 0 Å². The van der Waals surface area contributed by atoms with Crippen LogP contribution in [0.25, 0.3) is 0 Å². The van der Waals surface area contributed by atoms with Gasteiger partial charge in [0.05, 0.1) is 16.7 Å². The molecule has 1 fully saturated rings. The van der Waals surface area contributed by atoms with Gasteiger partial charge < -0.3 is 15.2 Å². The van der Waals surface area contributed by atoms with Crippen molar-refractivity contribution in [3.05, 3.63) is 90.0 Å². The lowest BCUT2D eigenvalue weighted by molar-refractivity contribution is -0.118. The van der Waals surface area contributed by atoms with E-state index in [1.807, 2.05) is 12.1 Å². The average Bonchev–Trinajstić information content (AvgIpc) is 3.37. The molecule has 0 bridgehead atoms. The van der Waals surface area contributed by atoms with Crippen LogP contribution in [0.4, 0.5) is 14.9 Å². The summed E-state index contributed by atoms with van der Waals surface area (Å²) in [5, 5.41) is 13.9. The molecular weight excluding hydrogens is 573 g/mol. The molecule has 230 valence electrons. The van der Waals surface area contributed by atoms with Gasteiger partial charge in [-0.25, -0.2) is 17.6 Å². The molecule has 1 aromatic heterocycles. The first-order chi connectivity index (χ1) is 20.2. The Balaban J connectivity index is 1.42. The van der Waals surface area contributed by atoms with Crippen LogP contribution in [0.1, 0.15) is 57.8 Å². The number of pyridine rings is 1. The fourth-order valence-corrected chi connectivity index (χ4v) is 6.75. The lowest BCUT2D eigenvalue weighted by Crippen LogP contribution is -2.47. The van der Waals surface area contributed by atoms with Gasteiger partial charge in [-0.3, -0.25) is 14.7 Å². The summed E-state index contributed by atoms with van der Waals surface area (Å²) in [5.41, 5.74) is 1.34. The SMILES string of the molecule is C[C@H](CS(=O)(=O)c1ccc(F)cc1)C(=O)Nc1ccc(C[C@@H]2CC[C@H]([C@H](O)c3cccnc3)N2C(=O)OC(C)(C)C)cc1. The molecule has 1 aliphatic rings. The number of hydrogen-bond acceptors (Lipinski definition) is 7. The largest absolute Gasteiger partial charge is 0.444 e. The maximum absolute atomic E-state index is 13.3. The van der Waals surface area contributed by atoms with Crippen molar-refractivity contribution in [2.24, 2.45) is 5.92 Å². The van der Waals surface area contributed by atoms with E-state index in [0.717, 1.165) is 17.7 Å². The molecule has 2 heterocycles. The Morgan fingerprint density at radius 3 is 2.37 bits per heavy atom. The lowest BCUT2D eigenvalue weighted by Gasteiger charge is -2.34. The van der Waals surface area contributed by atoms with Gasteiger partial charge in [0, 0.05) is 35.6 Å². The zero-order valence-corrected chi connectivity index (χ0v) is 25.6. The van der Waals surface area contributed by atoms with E-state index in [4.69, 9.17) is 4.74 Å². The van der Waals surface area contributed by atoms with Crippen molar-refractivity contribution < 1.29 is 32.2 Å². The van der Waals surface area contributed by atoms with Crippen molar-refractivity contribution in [3.8, 4) is 0 Å². The summed E-state index contributed by atoms with van der Waals surface area (Å²) in [6.45, 7) is 6.92. The van der Waals surface area contributed by atoms with Gasteiger partial charge in [0.1, 0.15) is 17.5 Å². The Morgan fingerprint density at radius 2 is 1.77 bits per heavy atom. The van der Waals surface area contributed by atoms with Crippen LogP contribution in [-0.4, -0.2) is 58.8 Å². The number of aromatic nitrogens is 1. The number of carbonyl (C=O) groups is 2. The van der Waals surface area contributed by atoms with Gasteiger partial charge in [0.25, 0.3) is 0 Å². The van der Waals surface area contributed by atoms with E-state index >= 15 is 0 Å². The second-order valence-electron chi connectivity index (χ2n) is 11.9. The summed E-state index contributed by atoms with van der Waals surface area (Å²) in [6, 6.07) is 14.5. The first-order valence-corrected chi connectivity index (χ1v) is 15.9. The molecule has 0 saturated carbocycles. The zero-order chi connectivity index (χ0) is 31.4. The minimum Gasteiger partial charge on any atom is -0.444 e. The smallest absolute Gasteiger partial charge is 0.410 e. The van der Waals surface area contributed by atoms with Crippen molar-refractivity contribution in [2.45, 2.75) is 75.6 Å². The minimum absolute atomic E-state index is 0.0413. The Labute approximate surface area is 252 Å². The number of aliphatic hydroxyl groups excluding tert-OH is 1. The summed E-state index contributed by atoms with van der Waals surface area (Å²) in [7, 11) is -3.78. The number of aliphatic hydroxyl groups is 1. The molecular formula is C32H38FN3O6S. The second kappa shape index (κ2) is 13.2. The number of hydrogen-bond donors (Lipinski definition) is 2. The number of anilines is 1. The number of amides is 2. The molecule has 11 heteroatoms. The monoisotopic (exact) mass is 611 g/mol.